The number of aromatic nitrogens is 1. The van der Waals surface area contributed by atoms with Crippen LogP contribution in [0.15, 0.2) is 12.1 Å². The summed E-state index contributed by atoms with van der Waals surface area (Å²) in [7, 11) is 1.41. The Morgan fingerprint density at radius 1 is 1.33 bits per heavy atom. The van der Waals surface area contributed by atoms with Gasteiger partial charge in [-0.1, -0.05) is 24.4 Å². The van der Waals surface area contributed by atoms with Crippen LogP contribution in [0.5, 0.6) is 5.75 Å². The number of hydrogen-bond acceptors (Lipinski definition) is 5. The second-order valence-electron chi connectivity index (χ2n) is 10.5. The van der Waals surface area contributed by atoms with Crippen LogP contribution < -0.4 is 15.4 Å². The standard InChI is InChI=1S/C26H30ClFN4O4/c1-26(2)11-15(25(35)32-26)7-16(12-29)30-24(34)14(6-13-4-5-13)8-21(33)20-9-17-22(31-20)19(28)10-18(27)23(17)36-3/h9-10,13-16,31H,4-8,11H2,1-3H3,(H,30,34)(H,32,35). The number of carbonyl (C=O) groups excluding carboxylic acids is 3. The number of ketones is 1. The fourth-order valence-electron chi connectivity index (χ4n) is 5.03. The first-order valence-electron chi connectivity index (χ1n) is 12.1. The zero-order valence-corrected chi connectivity index (χ0v) is 21.3. The van der Waals surface area contributed by atoms with Gasteiger partial charge in [0.25, 0.3) is 0 Å². The van der Waals surface area contributed by atoms with Gasteiger partial charge in [-0.25, -0.2) is 4.39 Å². The highest BCUT2D eigenvalue weighted by Gasteiger charge is 2.39. The van der Waals surface area contributed by atoms with E-state index >= 15 is 0 Å². The molecule has 3 atom stereocenters. The molecule has 1 aliphatic heterocycles. The van der Waals surface area contributed by atoms with Crippen LogP contribution in [-0.4, -0.2) is 41.3 Å². The van der Waals surface area contributed by atoms with Crippen molar-refractivity contribution in [3.05, 3.63) is 28.7 Å². The summed E-state index contributed by atoms with van der Waals surface area (Å²) in [6.45, 7) is 3.84. The molecule has 8 nitrogen and oxygen atoms in total. The molecule has 4 rings (SSSR count). The van der Waals surface area contributed by atoms with E-state index in [9.17, 15) is 24.0 Å². The largest absolute Gasteiger partial charge is 0.494 e. The van der Waals surface area contributed by atoms with Crippen LogP contribution in [0.2, 0.25) is 5.02 Å². The number of aromatic amines is 1. The predicted molar refractivity (Wildman–Crippen MR) is 132 cm³/mol. The molecule has 192 valence electrons. The molecular formula is C26H30ClFN4O4. The van der Waals surface area contributed by atoms with Gasteiger partial charge in [-0.2, -0.15) is 5.26 Å². The van der Waals surface area contributed by atoms with Crippen LogP contribution >= 0.6 is 11.6 Å². The maximum absolute atomic E-state index is 14.4. The fourth-order valence-corrected chi connectivity index (χ4v) is 5.31. The summed E-state index contributed by atoms with van der Waals surface area (Å²) in [6.07, 6.45) is 3.20. The SMILES string of the molecule is COc1c(Cl)cc(F)c2[nH]c(C(=O)CC(CC3CC3)C(=O)NC(C#N)CC3CC(C)(C)NC3=O)cc12. The van der Waals surface area contributed by atoms with Crippen molar-refractivity contribution in [1.82, 2.24) is 15.6 Å². The van der Waals surface area contributed by atoms with Crippen LogP contribution in [0.3, 0.4) is 0 Å². The van der Waals surface area contributed by atoms with Gasteiger partial charge in [-0.05, 0) is 51.2 Å². The van der Waals surface area contributed by atoms with E-state index in [4.69, 9.17) is 16.3 Å². The minimum Gasteiger partial charge on any atom is -0.494 e. The molecule has 2 amide bonds. The minimum absolute atomic E-state index is 0.0911. The Hall–Kier alpha value is -3.12. The first kappa shape index (κ1) is 26.0. The summed E-state index contributed by atoms with van der Waals surface area (Å²) in [5, 5.41) is 15.7. The summed E-state index contributed by atoms with van der Waals surface area (Å²) < 4.78 is 19.7. The number of nitrogens with one attached hydrogen (secondary N) is 3. The number of nitrogens with zero attached hydrogens (tertiary/aromatic N) is 1. The molecule has 36 heavy (non-hydrogen) atoms. The van der Waals surface area contributed by atoms with Crippen molar-refractivity contribution in [2.24, 2.45) is 17.8 Å². The monoisotopic (exact) mass is 516 g/mol. The number of Topliss-reactive ketones (excluding diaryl/α,β-unsaturated/α-hetero) is 1. The molecule has 1 saturated heterocycles. The molecule has 10 heteroatoms. The number of halogens is 2. The predicted octanol–water partition coefficient (Wildman–Crippen LogP) is 4.27. The van der Waals surface area contributed by atoms with E-state index in [2.05, 4.69) is 21.7 Å². The van der Waals surface area contributed by atoms with Gasteiger partial charge in [0.1, 0.15) is 17.6 Å². The van der Waals surface area contributed by atoms with Gasteiger partial charge < -0.3 is 20.4 Å². The van der Waals surface area contributed by atoms with Gasteiger partial charge in [0.05, 0.1) is 29.4 Å². The Morgan fingerprint density at radius 3 is 2.64 bits per heavy atom. The van der Waals surface area contributed by atoms with Crippen molar-refractivity contribution in [3.63, 3.8) is 0 Å². The van der Waals surface area contributed by atoms with Crippen molar-refractivity contribution >= 4 is 40.1 Å². The Kier molecular flexibility index (Phi) is 7.28. The van der Waals surface area contributed by atoms with E-state index in [0.29, 0.717) is 24.1 Å². The minimum atomic E-state index is -0.840. The molecule has 1 aromatic carbocycles. The van der Waals surface area contributed by atoms with Crippen molar-refractivity contribution in [1.29, 1.82) is 5.26 Å². The van der Waals surface area contributed by atoms with Gasteiger partial charge in [0.2, 0.25) is 11.8 Å². The molecule has 2 heterocycles. The smallest absolute Gasteiger partial charge is 0.224 e. The Bertz CT molecular complexity index is 1250. The lowest BCUT2D eigenvalue weighted by Gasteiger charge is -2.20. The highest BCUT2D eigenvalue weighted by molar-refractivity contribution is 6.33. The second-order valence-corrected chi connectivity index (χ2v) is 11.0. The zero-order valence-electron chi connectivity index (χ0n) is 20.5. The molecule has 3 unspecified atom stereocenters. The normalized spacial score (nSPS) is 20.4. The quantitative estimate of drug-likeness (QED) is 0.407. The molecule has 1 aromatic heterocycles. The Labute approximate surface area is 213 Å². The maximum Gasteiger partial charge on any atom is 0.224 e. The van der Waals surface area contributed by atoms with E-state index in [0.717, 1.165) is 18.9 Å². The third-order valence-electron chi connectivity index (χ3n) is 6.98. The van der Waals surface area contributed by atoms with E-state index in [1.807, 2.05) is 13.8 Å². The van der Waals surface area contributed by atoms with Crippen LogP contribution in [0.4, 0.5) is 4.39 Å². The Balaban J connectivity index is 1.48. The van der Waals surface area contributed by atoms with Gasteiger partial charge in [-0.3, -0.25) is 14.4 Å². The number of H-pyrrole nitrogens is 1. The van der Waals surface area contributed by atoms with Crippen molar-refractivity contribution in [2.45, 2.75) is 64.0 Å². The number of ether oxygens (including phenoxy) is 1. The third kappa shape index (κ3) is 5.65. The third-order valence-corrected chi connectivity index (χ3v) is 7.26. The van der Waals surface area contributed by atoms with Crippen molar-refractivity contribution in [2.75, 3.05) is 7.11 Å². The number of nitriles is 1. The maximum atomic E-state index is 14.4. The van der Waals surface area contributed by atoms with Gasteiger partial charge in [-0.15, -0.1) is 0 Å². The molecular weight excluding hydrogens is 487 g/mol. The summed E-state index contributed by atoms with van der Waals surface area (Å²) >= 11 is 6.07. The molecule has 1 aliphatic carbocycles. The van der Waals surface area contributed by atoms with Crippen LogP contribution in [0.25, 0.3) is 10.9 Å². The lowest BCUT2D eigenvalue weighted by molar-refractivity contribution is -0.127. The molecule has 2 aliphatic rings. The van der Waals surface area contributed by atoms with Crippen molar-refractivity contribution in [3.8, 4) is 11.8 Å². The van der Waals surface area contributed by atoms with Crippen LogP contribution in [0, 0.1) is 34.9 Å². The molecule has 0 radical (unpaired) electrons. The number of amides is 2. The Morgan fingerprint density at radius 2 is 2.06 bits per heavy atom. The first-order chi connectivity index (χ1) is 17.0. The molecule has 0 bridgehead atoms. The number of benzene rings is 1. The highest BCUT2D eigenvalue weighted by Crippen LogP contribution is 2.38. The summed E-state index contributed by atoms with van der Waals surface area (Å²) in [5.74, 6) is -1.87. The molecule has 2 fully saturated rings. The number of carbonyl (C=O) groups is 3. The first-order valence-corrected chi connectivity index (χ1v) is 12.5. The lowest BCUT2D eigenvalue weighted by atomic mass is 9.90. The topological polar surface area (TPSA) is 124 Å². The number of methoxy groups -OCH3 is 1. The zero-order chi connectivity index (χ0) is 26.2. The van der Waals surface area contributed by atoms with Crippen LogP contribution in [0.1, 0.15) is 62.9 Å². The summed E-state index contributed by atoms with van der Waals surface area (Å²) in [4.78, 5) is 41.4. The molecule has 3 N–H and O–H groups in total. The molecule has 0 spiro atoms. The second kappa shape index (κ2) is 10.1. The molecule has 2 aromatic rings. The van der Waals surface area contributed by atoms with Crippen LogP contribution in [-0.2, 0) is 9.59 Å². The average molecular weight is 517 g/mol. The van der Waals surface area contributed by atoms with Gasteiger partial charge in [0.15, 0.2) is 5.78 Å². The number of hydrogen-bond donors (Lipinski definition) is 3. The van der Waals surface area contributed by atoms with E-state index in [-0.39, 0.29) is 63.9 Å². The summed E-state index contributed by atoms with van der Waals surface area (Å²) in [6, 6.07) is 3.85. The number of fused-ring (bicyclic) bond motifs is 1. The number of rotatable bonds is 10. The fraction of sp³-hybridized carbons (Fsp3) is 0.538. The average Bonchev–Trinajstić information content (AvgIpc) is 3.43. The van der Waals surface area contributed by atoms with Crippen molar-refractivity contribution < 1.29 is 23.5 Å². The molecule has 1 saturated carbocycles. The lowest BCUT2D eigenvalue weighted by Crippen LogP contribution is -2.40. The highest BCUT2D eigenvalue weighted by atomic mass is 35.5. The van der Waals surface area contributed by atoms with Gasteiger partial charge >= 0.3 is 0 Å². The van der Waals surface area contributed by atoms with E-state index < -0.39 is 17.8 Å². The van der Waals surface area contributed by atoms with E-state index in [1.54, 1.807) is 0 Å². The van der Waals surface area contributed by atoms with E-state index in [1.165, 1.54) is 13.2 Å². The van der Waals surface area contributed by atoms with Gasteiger partial charge in [0, 0.05) is 29.2 Å². The summed E-state index contributed by atoms with van der Waals surface area (Å²) in [5.41, 5.74) is -0.0941.